The molecule has 0 amide bonds. The molecule has 0 unspecified atom stereocenters. The Kier molecular flexibility index (Phi) is 19.9. The third kappa shape index (κ3) is 95.3. The summed E-state index contributed by atoms with van der Waals surface area (Å²) in [5.41, 5.74) is 4.88. The number of nitrogens with two attached hydrogens (primary N) is 1. The van der Waals surface area contributed by atoms with Crippen LogP contribution in [0.3, 0.4) is 0 Å². The minimum absolute atomic E-state index is 0.0486. The van der Waals surface area contributed by atoms with Crippen LogP contribution in [0.4, 0.5) is 0 Å². The fraction of sp³-hybridized carbons (Fsp3) is 1.00. The summed E-state index contributed by atoms with van der Waals surface area (Å²) in [5, 5.41) is 18.6. The van der Waals surface area contributed by atoms with Gasteiger partial charge < -0.3 is 21.3 Å². The van der Waals surface area contributed by atoms with Crippen molar-refractivity contribution in [1.29, 1.82) is 0 Å². The Balaban J connectivity index is -0.000000115. The molecule has 0 spiro atoms. The summed E-state index contributed by atoms with van der Waals surface area (Å²) < 4.78 is 0. The molecule has 0 saturated heterocycles. The van der Waals surface area contributed by atoms with Crippen molar-refractivity contribution < 1.29 is 10.2 Å². The lowest BCUT2D eigenvalue weighted by atomic mass is 10.1. The standard InChI is InChI=1S/C4H11NO.C2H7N.C2H6O/c1-4(2,5)3-6;1-3-2;1-2-3/h6H,3,5H2,1-2H3;3H,1-2H3;3H,2H2,1H3. The SMILES string of the molecule is CC(C)(N)CO.CCO.CNC. The summed E-state index contributed by atoms with van der Waals surface area (Å²) in [4.78, 5) is 0. The van der Waals surface area contributed by atoms with Crippen LogP contribution in [0.5, 0.6) is 0 Å². The first-order valence-corrected chi connectivity index (χ1v) is 3.98. The minimum Gasteiger partial charge on any atom is -0.397 e. The van der Waals surface area contributed by atoms with Gasteiger partial charge in [0.2, 0.25) is 0 Å². The lowest BCUT2D eigenvalue weighted by molar-refractivity contribution is 0.221. The number of aliphatic hydroxyl groups is 2. The van der Waals surface area contributed by atoms with E-state index in [1.807, 2.05) is 14.1 Å². The van der Waals surface area contributed by atoms with E-state index in [1.165, 1.54) is 0 Å². The first kappa shape index (κ1) is 17.8. The summed E-state index contributed by atoms with van der Waals surface area (Å²) >= 11 is 0. The van der Waals surface area contributed by atoms with Gasteiger partial charge in [-0.25, -0.2) is 0 Å². The second kappa shape index (κ2) is 13.4. The number of rotatable bonds is 1. The van der Waals surface area contributed by atoms with Gasteiger partial charge in [0.1, 0.15) is 0 Å². The van der Waals surface area contributed by atoms with Crippen molar-refractivity contribution in [1.82, 2.24) is 5.32 Å². The molecule has 0 aliphatic heterocycles. The molecule has 4 nitrogen and oxygen atoms in total. The summed E-state index contributed by atoms with van der Waals surface area (Å²) in [5.74, 6) is 0. The Bertz CT molecular complexity index is 60.6. The maximum Gasteiger partial charge on any atom is 0.0605 e. The van der Waals surface area contributed by atoms with Gasteiger partial charge in [0, 0.05) is 12.1 Å². The summed E-state index contributed by atoms with van der Waals surface area (Å²) in [6, 6.07) is 0. The average Bonchev–Trinajstić information content (AvgIpc) is 1.90. The second-order valence-corrected chi connectivity index (χ2v) is 2.96. The van der Waals surface area contributed by atoms with E-state index in [1.54, 1.807) is 20.8 Å². The molecule has 0 aromatic rings. The van der Waals surface area contributed by atoms with Gasteiger partial charge in [-0.1, -0.05) is 0 Å². The van der Waals surface area contributed by atoms with Crippen molar-refractivity contribution in [2.75, 3.05) is 27.3 Å². The van der Waals surface area contributed by atoms with Crippen molar-refractivity contribution in [3.05, 3.63) is 0 Å². The van der Waals surface area contributed by atoms with E-state index in [-0.39, 0.29) is 13.2 Å². The maximum absolute atomic E-state index is 8.28. The fourth-order valence-electron chi connectivity index (χ4n) is 0. The third-order valence-corrected chi connectivity index (χ3v) is 0.408. The monoisotopic (exact) mass is 180 g/mol. The van der Waals surface area contributed by atoms with Gasteiger partial charge in [-0.05, 0) is 34.9 Å². The van der Waals surface area contributed by atoms with Crippen LogP contribution < -0.4 is 11.1 Å². The van der Waals surface area contributed by atoms with Crippen molar-refractivity contribution in [2.45, 2.75) is 26.3 Å². The fourth-order valence-corrected chi connectivity index (χ4v) is 0. The van der Waals surface area contributed by atoms with E-state index in [9.17, 15) is 0 Å². The van der Waals surface area contributed by atoms with Gasteiger partial charge in [-0.2, -0.15) is 0 Å². The Morgan fingerprint density at radius 1 is 1.25 bits per heavy atom. The topological polar surface area (TPSA) is 78.5 Å². The molecule has 4 heteroatoms. The quantitative estimate of drug-likeness (QED) is 0.441. The summed E-state index contributed by atoms with van der Waals surface area (Å²) in [6.07, 6.45) is 0. The summed E-state index contributed by atoms with van der Waals surface area (Å²) in [6.45, 7) is 5.52. The predicted molar refractivity (Wildman–Crippen MR) is 53.1 cm³/mol. The molecule has 0 aliphatic carbocycles. The highest BCUT2D eigenvalue weighted by Gasteiger charge is 2.05. The molecule has 0 fully saturated rings. The van der Waals surface area contributed by atoms with Crippen molar-refractivity contribution >= 4 is 0 Å². The number of aliphatic hydroxyl groups excluding tert-OH is 2. The molecular weight excluding hydrogens is 156 g/mol. The Morgan fingerprint density at radius 3 is 1.33 bits per heavy atom. The summed E-state index contributed by atoms with van der Waals surface area (Å²) in [7, 11) is 3.75. The molecular formula is C8H24N2O2. The molecule has 0 bridgehead atoms. The van der Waals surface area contributed by atoms with Crippen LogP contribution in [-0.4, -0.2) is 43.1 Å². The zero-order valence-electron chi connectivity index (χ0n) is 8.89. The first-order valence-electron chi connectivity index (χ1n) is 3.98. The van der Waals surface area contributed by atoms with Gasteiger partial charge >= 0.3 is 0 Å². The van der Waals surface area contributed by atoms with Crippen molar-refractivity contribution in [3.8, 4) is 0 Å². The minimum atomic E-state index is -0.403. The molecule has 12 heavy (non-hydrogen) atoms. The molecule has 0 saturated carbocycles. The van der Waals surface area contributed by atoms with E-state index in [0.29, 0.717) is 0 Å². The Hall–Kier alpha value is -0.160. The largest absolute Gasteiger partial charge is 0.397 e. The smallest absolute Gasteiger partial charge is 0.0605 e. The molecule has 0 rings (SSSR count). The maximum atomic E-state index is 8.28. The Morgan fingerprint density at radius 2 is 1.33 bits per heavy atom. The normalized spacial score (nSPS) is 9.00. The highest BCUT2D eigenvalue weighted by Crippen LogP contribution is 1.89. The van der Waals surface area contributed by atoms with E-state index in [2.05, 4.69) is 5.32 Å². The van der Waals surface area contributed by atoms with Gasteiger partial charge in [0.25, 0.3) is 0 Å². The molecule has 0 aromatic heterocycles. The predicted octanol–water partition coefficient (Wildman–Crippen LogP) is -0.450. The molecule has 5 N–H and O–H groups in total. The van der Waals surface area contributed by atoms with Crippen LogP contribution >= 0.6 is 0 Å². The molecule has 78 valence electrons. The van der Waals surface area contributed by atoms with Crippen LogP contribution in [0.2, 0.25) is 0 Å². The molecule has 0 radical (unpaired) electrons. The van der Waals surface area contributed by atoms with Crippen LogP contribution in [0.15, 0.2) is 0 Å². The van der Waals surface area contributed by atoms with Gasteiger partial charge in [0.15, 0.2) is 0 Å². The second-order valence-electron chi connectivity index (χ2n) is 2.96. The first-order chi connectivity index (χ1) is 5.39. The average molecular weight is 180 g/mol. The molecule has 0 heterocycles. The number of hydrogen-bond acceptors (Lipinski definition) is 4. The van der Waals surface area contributed by atoms with Crippen LogP contribution in [0.1, 0.15) is 20.8 Å². The van der Waals surface area contributed by atoms with Crippen LogP contribution in [-0.2, 0) is 0 Å². The highest BCUT2D eigenvalue weighted by atomic mass is 16.3. The van der Waals surface area contributed by atoms with Crippen LogP contribution in [0, 0.1) is 0 Å². The zero-order chi connectivity index (χ0) is 10.6. The van der Waals surface area contributed by atoms with E-state index >= 15 is 0 Å². The van der Waals surface area contributed by atoms with E-state index in [4.69, 9.17) is 15.9 Å². The molecule has 0 aliphatic rings. The molecule has 0 aromatic carbocycles. The zero-order valence-corrected chi connectivity index (χ0v) is 8.89. The highest BCUT2D eigenvalue weighted by molar-refractivity contribution is 4.67. The lowest BCUT2D eigenvalue weighted by Gasteiger charge is -2.12. The van der Waals surface area contributed by atoms with E-state index < -0.39 is 5.54 Å². The third-order valence-electron chi connectivity index (χ3n) is 0.408. The number of nitrogens with one attached hydrogen (secondary N) is 1. The number of hydrogen-bond donors (Lipinski definition) is 4. The lowest BCUT2D eigenvalue weighted by Crippen LogP contribution is -2.35. The van der Waals surface area contributed by atoms with Gasteiger partial charge in [-0.3, -0.25) is 0 Å². The Labute approximate surface area is 75.8 Å². The van der Waals surface area contributed by atoms with Crippen LogP contribution in [0.25, 0.3) is 0 Å². The van der Waals surface area contributed by atoms with E-state index in [0.717, 1.165) is 0 Å². The van der Waals surface area contributed by atoms with Crippen molar-refractivity contribution in [3.63, 3.8) is 0 Å². The molecule has 0 atom stereocenters. The van der Waals surface area contributed by atoms with Crippen molar-refractivity contribution in [2.24, 2.45) is 5.73 Å². The van der Waals surface area contributed by atoms with Gasteiger partial charge in [0.05, 0.1) is 6.61 Å². The van der Waals surface area contributed by atoms with Gasteiger partial charge in [-0.15, -0.1) is 0 Å².